The molecule has 0 spiro atoms. The summed E-state index contributed by atoms with van der Waals surface area (Å²) in [6.45, 7) is 3.16. The number of aliphatic imine (C=N–C) groups is 1. The Morgan fingerprint density at radius 3 is 2.61 bits per heavy atom. The first-order valence-corrected chi connectivity index (χ1v) is 11.8. The number of anilines is 2. The van der Waals surface area contributed by atoms with Gasteiger partial charge in [-0.15, -0.1) is 0 Å². The molecule has 0 radical (unpaired) electrons. The molecule has 1 N–H and O–H groups in total. The van der Waals surface area contributed by atoms with E-state index in [0.717, 1.165) is 52.3 Å². The van der Waals surface area contributed by atoms with E-state index in [1.54, 1.807) is 23.5 Å². The second kappa shape index (κ2) is 9.52. The number of hydrogen-bond acceptors (Lipinski definition) is 5. The van der Waals surface area contributed by atoms with Crippen LogP contribution in [-0.4, -0.2) is 35.7 Å². The maximum Gasteiger partial charge on any atom is 0.255 e. The van der Waals surface area contributed by atoms with Crippen LogP contribution < -0.4 is 10.2 Å². The Morgan fingerprint density at radius 2 is 1.86 bits per heavy atom. The van der Waals surface area contributed by atoms with Crippen molar-refractivity contribution in [3.05, 3.63) is 59.7 Å². The number of nitrogens with zero attached hydrogens (tertiary/aromatic N) is 2. The normalized spacial score (nSPS) is 16.7. The summed E-state index contributed by atoms with van der Waals surface area (Å²) in [4.78, 5) is 19.8. The number of carbonyl (C=O) groups excluding carboxylic acids is 1. The fourth-order valence-corrected chi connectivity index (χ4v) is 5.53. The first kappa shape index (κ1) is 19.4. The predicted octanol–water partition coefficient (Wildman–Crippen LogP) is 5.27. The van der Waals surface area contributed by atoms with Gasteiger partial charge in [-0.1, -0.05) is 41.7 Å². The summed E-state index contributed by atoms with van der Waals surface area (Å²) in [6.07, 6.45) is 3.85. The molecule has 4 rings (SSSR count). The molecule has 2 aliphatic rings. The van der Waals surface area contributed by atoms with Gasteiger partial charge in [0.15, 0.2) is 0 Å². The molecule has 0 bridgehead atoms. The molecule has 2 aromatic carbocycles. The Labute approximate surface area is 175 Å². The molecule has 2 heterocycles. The first-order valence-electron chi connectivity index (χ1n) is 9.84. The monoisotopic (exact) mass is 411 g/mol. The second-order valence-corrected chi connectivity index (χ2v) is 9.30. The minimum atomic E-state index is -0.0528. The zero-order valence-electron chi connectivity index (χ0n) is 15.9. The van der Waals surface area contributed by atoms with Gasteiger partial charge in [-0.3, -0.25) is 9.79 Å². The molecule has 0 aliphatic carbocycles. The van der Waals surface area contributed by atoms with E-state index in [0.29, 0.717) is 0 Å². The lowest BCUT2D eigenvalue weighted by molar-refractivity contribution is 0.102. The van der Waals surface area contributed by atoms with Gasteiger partial charge in [0.25, 0.3) is 5.91 Å². The zero-order valence-corrected chi connectivity index (χ0v) is 17.5. The van der Waals surface area contributed by atoms with Gasteiger partial charge in [-0.2, -0.15) is 0 Å². The van der Waals surface area contributed by atoms with Crippen LogP contribution >= 0.6 is 23.5 Å². The van der Waals surface area contributed by atoms with Crippen molar-refractivity contribution in [3.63, 3.8) is 0 Å². The summed E-state index contributed by atoms with van der Waals surface area (Å²) in [5, 5.41) is 3.05. The Morgan fingerprint density at radius 1 is 1.07 bits per heavy atom. The Balaban J connectivity index is 1.40. The van der Waals surface area contributed by atoms with Crippen LogP contribution in [0.15, 0.2) is 53.5 Å². The van der Waals surface area contributed by atoms with Gasteiger partial charge in [-0.25, -0.2) is 0 Å². The van der Waals surface area contributed by atoms with Gasteiger partial charge in [-0.05, 0) is 55.2 Å². The number of piperidine rings is 1. The van der Waals surface area contributed by atoms with Crippen molar-refractivity contribution in [1.29, 1.82) is 0 Å². The standard InChI is InChI=1S/C22H25N3OS2/c26-21(20-7-3-2-6-17(20)16-28-22-23-12-15-27-22)24-18-8-10-19(11-9-18)25-13-4-1-5-14-25/h2-3,6-11H,1,4-5,12-16H2,(H,24,26). The van der Waals surface area contributed by atoms with Gasteiger partial charge in [0.2, 0.25) is 0 Å². The van der Waals surface area contributed by atoms with Crippen LogP contribution in [0.25, 0.3) is 0 Å². The summed E-state index contributed by atoms with van der Waals surface area (Å²) < 4.78 is 1.13. The van der Waals surface area contributed by atoms with Gasteiger partial charge in [0.05, 0.1) is 6.54 Å². The van der Waals surface area contributed by atoms with Crippen LogP contribution in [0.1, 0.15) is 35.2 Å². The third-order valence-corrected chi connectivity index (χ3v) is 7.32. The van der Waals surface area contributed by atoms with E-state index in [1.165, 1.54) is 24.9 Å². The molecule has 2 aliphatic heterocycles. The number of amides is 1. The minimum Gasteiger partial charge on any atom is -0.372 e. The molecule has 1 fully saturated rings. The summed E-state index contributed by atoms with van der Waals surface area (Å²) >= 11 is 3.52. The largest absolute Gasteiger partial charge is 0.372 e. The molecule has 0 aromatic heterocycles. The van der Waals surface area contributed by atoms with E-state index >= 15 is 0 Å². The van der Waals surface area contributed by atoms with E-state index in [9.17, 15) is 4.79 Å². The first-order chi connectivity index (χ1) is 13.8. The molecule has 0 atom stereocenters. The van der Waals surface area contributed by atoms with Crippen LogP contribution in [0.2, 0.25) is 0 Å². The number of thioether (sulfide) groups is 2. The van der Waals surface area contributed by atoms with Gasteiger partial charge < -0.3 is 10.2 Å². The molecule has 28 heavy (non-hydrogen) atoms. The Hall–Kier alpha value is -1.92. The molecule has 1 saturated heterocycles. The SMILES string of the molecule is O=C(Nc1ccc(N2CCCCC2)cc1)c1ccccc1CSC1=NCCS1. The summed E-state index contributed by atoms with van der Waals surface area (Å²) in [6, 6.07) is 16.1. The van der Waals surface area contributed by atoms with Gasteiger partial charge in [0, 0.05) is 41.5 Å². The third-order valence-electron chi connectivity index (χ3n) is 5.02. The van der Waals surface area contributed by atoms with Gasteiger partial charge in [0.1, 0.15) is 4.38 Å². The molecular formula is C22H25N3OS2. The van der Waals surface area contributed by atoms with E-state index < -0.39 is 0 Å². The van der Waals surface area contributed by atoms with Crippen LogP contribution in [0.4, 0.5) is 11.4 Å². The summed E-state index contributed by atoms with van der Waals surface area (Å²) in [5.41, 5.74) is 3.86. The van der Waals surface area contributed by atoms with E-state index in [-0.39, 0.29) is 5.91 Å². The fourth-order valence-electron chi connectivity index (χ4n) is 3.52. The predicted molar refractivity (Wildman–Crippen MR) is 123 cm³/mol. The number of hydrogen-bond donors (Lipinski definition) is 1. The number of nitrogens with one attached hydrogen (secondary N) is 1. The average molecular weight is 412 g/mol. The lowest BCUT2D eigenvalue weighted by Crippen LogP contribution is -2.29. The number of benzene rings is 2. The molecule has 2 aromatic rings. The van der Waals surface area contributed by atoms with Crippen molar-refractivity contribution in [2.75, 3.05) is 35.6 Å². The summed E-state index contributed by atoms with van der Waals surface area (Å²) in [5.74, 6) is 1.78. The van der Waals surface area contributed by atoms with Gasteiger partial charge >= 0.3 is 0 Å². The molecule has 0 unspecified atom stereocenters. The highest BCUT2D eigenvalue weighted by atomic mass is 32.2. The molecule has 146 valence electrons. The second-order valence-electron chi connectivity index (χ2n) is 6.99. The zero-order chi connectivity index (χ0) is 19.2. The van der Waals surface area contributed by atoms with Crippen LogP contribution in [0, 0.1) is 0 Å². The van der Waals surface area contributed by atoms with E-state index in [2.05, 4.69) is 27.3 Å². The highest BCUT2D eigenvalue weighted by Crippen LogP contribution is 2.27. The lowest BCUT2D eigenvalue weighted by Gasteiger charge is -2.28. The third kappa shape index (κ3) is 4.92. The summed E-state index contributed by atoms with van der Waals surface area (Å²) in [7, 11) is 0. The maximum absolute atomic E-state index is 12.9. The van der Waals surface area contributed by atoms with E-state index in [4.69, 9.17) is 0 Å². The molecule has 1 amide bonds. The van der Waals surface area contributed by atoms with Crippen molar-refractivity contribution in [3.8, 4) is 0 Å². The Kier molecular flexibility index (Phi) is 6.60. The van der Waals surface area contributed by atoms with Crippen molar-refractivity contribution in [1.82, 2.24) is 0 Å². The topological polar surface area (TPSA) is 44.7 Å². The average Bonchev–Trinajstić information content (AvgIpc) is 3.27. The minimum absolute atomic E-state index is 0.0528. The fraction of sp³-hybridized carbons (Fsp3) is 0.364. The van der Waals surface area contributed by atoms with Crippen molar-refractivity contribution in [2.24, 2.45) is 4.99 Å². The number of rotatable bonds is 5. The lowest BCUT2D eigenvalue weighted by atomic mass is 10.1. The van der Waals surface area contributed by atoms with Crippen molar-refractivity contribution >= 4 is 45.2 Å². The molecule has 0 saturated carbocycles. The Bertz CT molecular complexity index is 845. The van der Waals surface area contributed by atoms with Crippen molar-refractivity contribution < 1.29 is 4.79 Å². The quantitative estimate of drug-likeness (QED) is 0.728. The van der Waals surface area contributed by atoms with Crippen LogP contribution in [-0.2, 0) is 5.75 Å². The smallest absolute Gasteiger partial charge is 0.255 e. The number of carbonyl (C=O) groups is 1. The van der Waals surface area contributed by atoms with Crippen molar-refractivity contribution in [2.45, 2.75) is 25.0 Å². The molecule has 4 nitrogen and oxygen atoms in total. The highest BCUT2D eigenvalue weighted by molar-refractivity contribution is 8.38. The highest BCUT2D eigenvalue weighted by Gasteiger charge is 2.15. The van der Waals surface area contributed by atoms with Crippen LogP contribution in [0.3, 0.4) is 0 Å². The maximum atomic E-state index is 12.9. The molecule has 6 heteroatoms. The van der Waals surface area contributed by atoms with E-state index in [1.807, 2.05) is 36.4 Å². The van der Waals surface area contributed by atoms with Crippen LogP contribution in [0.5, 0.6) is 0 Å². The molecular weight excluding hydrogens is 386 g/mol.